The van der Waals surface area contributed by atoms with Gasteiger partial charge in [0.15, 0.2) is 6.29 Å². The summed E-state index contributed by atoms with van der Waals surface area (Å²) in [6, 6.07) is 15.2. The average Bonchev–Trinajstić information content (AvgIpc) is 1.60. The molecule has 4 aromatic rings. The Morgan fingerprint density at radius 3 is 2.21 bits per heavy atom. The van der Waals surface area contributed by atoms with Crippen LogP contribution < -0.4 is 36.0 Å². The summed E-state index contributed by atoms with van der Waals surface area (Å²) in [6.07, 6.45) is 4.48. The van der Waals surface area contributed by atoms with Gasteiger partial charge in [-0.2, -0.15) is 9.82 Å². The number of aryl methyl sites for hydroxylation is 2. The van der Waals surface area contributed by atoms with Crippen molar-refractivity contribution in [2.24, 2.45) is 16.8 Å². The van der Waals surface area contributed by atoms with Crippen LogP contribution in [0.3, 0.4) is 0 Å². The van der Waals surface area contributed by atoms with Crippen LogP contribution in [-0.4, -0.2) is 139 Å². The third kappa shape index (κ3) is 22.9. The van der Waals surface area contributed by atoms with Gasteiger partial charge in [0.25, 0.3) is 11.8 Å². The van der Waals surface area contributed by atoms with E-state index in [0.717, 1.165) is 42.7 Å². The van der Waals surface area contributed by atoms with Gasteiger partial charge in [0, 0.05) is 69.4 Å². The Balaban J connectivity index is 1.11. The minimum Gasteiger partial charge on any atom is -0.494 e. The SMILES string of the molecule is CCC(C(=O)OCc1ccccc1)[C@@H](CCC(=O)OC(C)(C)C)C(=O)N/C(=C/CC(O)OC(C)(C)C)C(=O)NCCNC(=O)CCCOc1cc(C)c(S(=O)(=O)N[C@@H](CNC(=O)c2ccc3c(cnn3CCNC3=NCCCC3)c2)C(=O)O)c(C)c1. The fraction of sp³-hybridized carbons (Fsp3) is 0.525. The fourth-order valence-corrected chi connectivity index (χ4v) is 11.1. The molecule has 3 aromatic carbocycles. The van der Waals surface area contributed by atoms with E-state index in [-0.39, 0.29) is 98.0 Å². The van der Waals surface area contributed by atoms with Crippen molar-refractivity contribution < 1.29 is 71.1 Å². The zero-order chi connectivity index (χ0) is 63.2. The van der Waals surface area contributed by atoms with Crippen LogP contribution in [0.4, 0.5) is 0 Å². The lowest BCUT2D eigenvalue weighted by atomic mass is 9.85. The minimum atomic E-state index is -4.45. The lowest BCUT2D eigenvalue weighted by molar-refractivity contribution is -0.163. The number of sulfonamides is 1. The number of fused-ring (bicyclic) bond motifs is 1. The summed E-state index contributed by atoms with van der Waals surface area (Å²) in [7, 11) is -4.45. The van der Waals surface area contributed by atoms with Crippen LogP contribution in [0.25, 0.3) is 10.9 Å². The fourth-order valence-electron chi connectivity index (χ4n) is 9.41. The Morgan fingerprint density at radius 1 is 0.849 bits per heavy atom. The Bertz CT molecular complexity index is 3150. The molecule has 0 saturated carbocycles. The number of carboxylic acid groups (broad SMARTS) is 1. The highest BCUT2D eigenvalue weighted by Crippen LogP contribution is 2.28. The molecule has 4 amide bonds. The number of benzene rings is 3. The first-order chi connectivity index (χ1) is 40.6. The van der Waals surface area contributed by atoms with Crippen molar-refractivity contribution in [2.75, 3.05) is 39.3 Å². The number of hydrogen-bond donors (Lipinski definition) is 8. The molecule has 2 heterocycles. The number of nitrogens with zero attached hydrogens (tertiary/aromatic N) is 3. The molecule has 0 bridgehead atoms. The molecule has 4 atom stereocenters. The molecule has 470 valence electrons. The second-order valence-electron chi connectivity index (χ2n) is 22.9. The number of carboxylic acids is 1. The smallest absolute Gasteiger partial charge is 0.323 e. The van der Waals surface area contributed by atoms with Crippen LogP contribution >= 0.6 is 0 Å². The molecule has 1 aromatic heterocycles. The molecule has 0 saturated heterocycles. The number of hydrogen-bond acceptors (Lipinski definition) is 17. The predicted octanol–water partition coefficient (Wildman–Crippen LogP) is 5.41. The van der Waals surface area contributed by atoms with Crippen LogP contribution in [0.5, 0.6) is 5.75 Å². The van der Waals surface area contributed by atoms with Gasteiger partial charge in [-0.15, -0.1) is 0 Å². The topological polar surface area (TPSA) is 333 Å². The molecule has 25 heteroatoms. The number of aliphatic imine (C=N–C) groups is 1. The summed E-state index contributed by atoms with van der Waals surface area (Å²) < 4.78 is 54.0. The number of aliphatic hydroxyl groups is 1. The third-order valence-corrected chi connectivity index (χ3v) is 15.2. The van der Waals surface area contributed by atoms with Gasteiger partial charge in [-0.05, 0) is 135 Å². The molecule has 8 N–H and O–H groups in total. The molecule has 1 aliphatic heterocycles. The Labute approximate surface area is 503 Å². The molecule has 0 fully saturated rings. The zero-order valence-corrected chi connectivity index (χ0v) is 51.5. The summed E-state index contributed by atoms with van der Waals surface area (Å²) in [6.45, 7) is 16.4. The van der Waals surface area contributed by atoms with Gasteiger partial charge >= 0.3 is 17.9 Å². The first kappa shape index (κ1) is 69.0. The van der Waals surface area contributed by atoms with Crippen LogP contribution in [0, 0.1) is 25.7 Å². The van der Waals surface area contributed by atoms with E-state index < -0.39 is 87.6 Å². The van der Waals surface area contributed by atoms with Crippen LogP contribution in [0.15, 0.2) is 88.5 Å². The van der Waals surface area contributed by atoms with Gasteiger partial charge < -0.3 is 55.7 Å². The maximum Gasteiger partial charge on any atom is 0.323 e. The van der Waals surface area contributed by atoms with Crippen molar-refractivity contribution in [1.29, 1.82) is 0 Å². The molecule has 5 rings (SSSR count). The Hall–Kier alpha value is -7.74. The number of aliphatic hydroxyl groups excluding tert-OH is 1. The van der Waals surface area contributed by atoms with Gasteiger partial charge in [0.05, 0.1) is 53.0 Å². The molecule has 0 aliphatic carbocycles. The second-order valence-corrected chi connectivity index (χ2v) is 24.5. The molecule has 0 radical (unpaired) electrons. The van der Waals surface area contributed by atoms with E-state index in [2.05, 4.69) is 41.4 Å². The van der Waals surface area contributed by atoms with Crippen molar-refractivity contribution in [3.63, 3.8) is 0 Å². The molecule has 1 aliphatic rings. The maximum atomic E-state index is 14.2. The quantitative estimate of drug-likeness (QED) is 0.0131. The predicted molar refractivity (Wildman–Crippen MR) is 321 cm³/mol. The van der Waals surface area contributed by atoms with Crippen LogP contribution in [-0.2, 0) is 66.2 Å². The zero-order valence-electron chi connectivity index (χ0n) is 50.7. The first-order valence-electron chi connectivity index (χ1n) is 29.0. The number of amidine groups is 1. The number of amides is 4. The maximum absolute atomic E-state index is 14.2. The lowest BCUT2D eigenvalue weighted by Gasteiger charge is -2.26. The van der Waals surface area contributed by atoms with Crippen LogP contribution in [0.2, 0.25) is 0 Å². The van der Waals surface area contributed by atoms with E-state index in [1.165, 1.54) is 32.1 Å². The van der Waals surface area contributed by atoms with Crippen molar-refractivity contribution in [2.45, 2.75) is 162 Å². The van der Waals surface area contributed by atoms with Gasteiger partial charge in [-0.1, -0.05) is 43.3 Å². The number of aliphatic carboxylic acids is 1. The number of rotatable bonds is 32. The van der Waals surface area contributed by atoms with Gasteiger partial charge in [0.1, 0.15) is 29.7 Å². The molecule has 2 unspecified atom stereocenters. The van der Waals surface area contributed by atoms with E-state index in [1.54, 1.807) is 97.1 Å². The van der Waals surface area contributed by atoms with Crippen molar-refractivity contribution in [3.8, 4) is 5.75 Å². The summed E-state index contributed by atoms with van der Waals surface area (Å²) >= 11 is 0. The second kappa shape index (κ2) is 32.7. The van der Waals surface area contributed by atoms with Gasteiger partial charge in [-0.25, -0.2) is 8.42 Å². The molecular weight excluding hydrogens is 1130 g/mol. The van der Waals surface area contributed by atoms with Gasteiger partial charge in [0.2, 0.25) is 21.8 Å². The molecule has 0 spiro atoms. The summed E-state index contributed by atoms with van der Waals surface area (Å²) in [4.78, 5) is 97.1. The largest absolute Gasteiger partial charge is 0.494 e. The van der Waals surface area contributed by atoms with Crippen molar-refractivity contribution in [1.82, 2.24) is 41.1 Å². The number of nitrogens with one attached hydrogen (secondary N) is 6. The Morgan fingerprint density at radius 2 is 1.56 bits per heavy atom. The Kier molecular flexibility index (Phi) is 26.2. The van der Waals surface area contributed by atoms with Crippen molar-refractivity contribution >= 4 is 68.3 Å². The number of esters is 2. The highest BCUT2D eigenvalue weighted by Gasteiger charge is 2.36. The van der Waals surface area contributed by atoms with E-state index in [4.69, 9.17) is 18.9 Å². The number of ether oxygens (including phenoxy) is 4. The summed E-state index contributed by atoms with van der Waals surface area (Å²) in [5, 5.41) is 39.7. The van der Waals surface area contributed by atoms with Crippen molar-refractivity contribution in [3.05, 3.63) is 101 Å². The van der Waals surface area contributed by atoms with Crippen LogP contribution in [0.1, 0.15) is 133 Å². The standard InChI is InChI=1S/C61H85N9O15S/c1-10-45(59(79)83-38-41-17-12-11-13-18-41)46(22-25-52(72)84-60(4,5)6)56(75)68-47(23-26-53(73)85-61(7,8)9)57(76)65-29-28-64-51(71)20-16-32-82-44-33-39(2)54(40(3)34-44)86(80,81)69-48(58(77)78)37-66-55(74)42-21-24-49-43(35-42)36-67-70(49)31-30-63-50-19-14-15-27-62-50/h11-13,17-18,21,23-24,33-36,45-46,48,53,69,73H,10,14-16,19-20,22,25-32,37-38H2,1-9H3,(H,62,63)(H,64,71)(H,65,76)(H,66,74)(H,68,75)(H,77,78)/b47-23+/t45?,46-,48+,53?/m1/s1. The van der Waals surface area contributed by atoms with E-state index >= 15 is 0 Å². The third-order valence-electron chi connectivity index (χ3n) is 13.4. The first-order valence-corrected chi connectivity index (χ1v) is 30.5. The van der Waals surface area contributed by atoms with E-state index in [0.29, 0.717) is 24.2 Å². The highest BCUT2D eigenvalue weighted by atomic mass is 32.2. The molecular formula is C61H85N9O15S. The summed E-state index contributed by atoms with van der Waals surface area (Å²) in [5.74, 6) is -6.19. The van der Waals surface area contributed by atoms with Gasteiger partial charge in [-0.3, -0.25) is 43.2 Å². The monoisotopic (exact) mass is 1220 g/mol. The minimum absolute atomic E-state index is 0.00759. The average molecular weight is 1220 g/mol. The molecule has 24 nitrogen and oxygen atoms in total. The number of carbonyl (C=O) groups excluding carboxylic acids is 6. The lowest BCUT2D eigenvalue weighted by Crippen LogP contribution is -2.48. The normalized spacial score (nSPS) is 14.4. The van der Waals surface area contributed by atoms with E-state index in [9.17, 15) is 52.2 Å². The molecule has 86 heavy (non-hydrogen) atoms. The van der Waals surface area contributed by atoms with E-state index in [1.807, 2.05) is 10.7 Å². The highest BCUT2D eigenvalue weighted by molar-refractivity contribution is 7.89. The summed E-state index contributed by atoms with van der Waals surface area (Å²) in [5.41, 5.74) is 0.425. The number of aromatic nitrogens is 2. The number of carbonyl (C=O) groups is 7.